The molecule has 0 aliphatic carbocycles. The summed E-state index contributed by atoms with van der Waals surface area (Å²) in [5.41, 5.74) is 0.379. The second-order valence-electron chi connectivity index (χ2n) is 3.10. The third kappa shape index (κ3) is 8.26. The molecule has 0 radical (unpaired) electrons. The fourth-order valence-corrected chi connectivity index (χ4v) is 2.35. The van der Waals surface area contributed by atoms with Gasteiger partial charge in [-0.2, -0.15) is 0 Å². The average Bonchev–Trinajstić information content (AvgIpc) is 1.99. The number of carbonyl (C=O) groups is 1. The molecule has 0 spiro atoms. The quantitative estimate of drug-likeness (QED) is 0.340. The second-order valence-corrected chi connectivity index (χ2v) is 6.56. The normalized spacial score (nSPS) is 13.2. The summed E-state index contributed by atoms with van der Waals surface area (Å²) in [7, 11) is 0. The Morgan fingerprint density at radius 3 is 2.27 bits per heavy atom. The highest BCUT2D eigenvalue weighted by Gasteiger charge is 2.35. The highest BCUT2D eigenvalue weighted by atomic mass is 35.6. The van der Waals surface area contributed by atoms with Crippen LogP contribution in [0.2, 0.25) is 0 Å². The molecule has 88 valence electrons. The minimum atomic E-state index is -1.61. The Labute approximate surface area is 109 Å². The molecule has 0 saturated heterocycles. The van der Waals surface area contributed by atoms with E-state index in [9.17, 15) is 4.79 Å². The molecule has 2 nitrogen and oxygen atoms in total. The fourth-order valence-electron chi connectivity index (χ4n) is 0.648. The lowest BCUT2D eigenvalue weighted by atomic mass is 10.3. The number of hydrogen-bond acceptors (Lipinski definition) is 3. The van der Waals surface area contributed by atoms with Gasteiger partial charge in [0.1, 0.15) is 0 Å². The zero-order valence-electron chi connectivity index (χ0n) is 8.72. The number of carbonyl (C=O) groups excluding carboxylic acids is 1. The summed E-state index contributed by atoms with van der Waals surface area (Å²) in [5, 5.41) is 0. The summed E-state index contributed by atoms with van der Waals surface area (Å²) in [4.78, 5) is 10.8. The summed E-state index contributed by atoms with van der Waals surface area (Å²) >= 11 is 18.3. The molecular formula is C9H13Cl3O2S. The molecule has 0 N–H and O–H groups in total. The van der Waals surface area contributed by atoms with Gasteiger partial charge in [-0.1, -0.05) is 46.5 Å². The Morgan fingerprint density at radius 2 is 1.93 bits per heavy atom. The van der Waals surface area contributed by atoms with E-state index in [0.29, 0.717) is 5.75 Å². The van der Waals surface area contributed by atoms with Crippen LogP contribution in [0, 0.1) is 0 Å². The molecular weight excluding hydrogens is 279 g/mol. The zero-order chi connectivity index (χ0) is 12.1. The van der Waals surface area contributed by atoms with Crippen molar-refractivity contribution in [2.45, 2.75) is 30.0 Å². The van der Waals surface area contributed by atoms with Crippen LogP contribution >= 0.6 is 46.6 Å². The molecule has 0 fully saturated rings. The van der Waals surface area contributed by atoms with Crippen molar-refractivity contribution < 1.29 is 9.53 Å². The molecule has 0 bridgehead atoms. The molecule has 1 unspecified atom stereocenters. The van der Waals surface area contributed by atoms with Gasteiger partial charge in [0, 0.05) is 12.7 Å². The average molecular weight is 292 g/mol. The first kappa shape index (κ1) is 15.4. The summed E-state index contributed by atoms with van der Waals surface area (Å²) in [6.45, 7) is 5.22. The van der Waals surface area contributed by atoms with Crippen molar-refractivity contribution in [2.24, 2.45) is 0 Å². The van der Waals surface area contributed by atoms with Crippen LogP contribution in [-0.2, 0) is 9.53 Å². The van der Waals surface area contributed by atoms with Crippen LogP contribution in [0.3, 0.4) is 0 Å². The maximum Gasteiger partial charge on any atom is 0.303 e. The SMILES string of the molecule is CC(=O)OC(SCC=C(C)C)C(Cl)(Cl)Cl. The number of allylic oxidation sites excluding steroid dienone is 1. The number of thioether (sulfide) groups is 1. The van der Waals surface area contributed by atoms with E-state index in [2.05, 4.69) is 0 Å². The lowest BCUT2D eigenvalue weighted by Gasteiger charge is -2.22. The molecule has 1 atom stereocenters. The summed E-state index contributed by atoms with van der Waals surface area (Å²) in [5.74, 6) is 0.171. The molecule has 0 saturated carbocycles. The van der Waals surface area contributed by atoms with E-state index in [1.807, 2.05) is 19.9 Å². The minimum Gasteiger partial charge on any atom is -0.447 e. The predicted molar refractivity (Wildman–Crippen MR) is 67.7 cm³/mol. The molecule has 0 aromatic rings. The fraction of sp³-hybridized carbons (Fsp3) is 0.667. The number of hydrogen-bond donors (Lipinski definition) is 0. The molecule has 0 rings (SSSR count). The number of halogens is 3. The summed E-state index contributed by atoms with van der Waals surface area (Å²) in [6, 6.07) is 0. The van der Waals surface area contributed by atoms with Crippen LogP contribution in [0.5, 0.6) is 0 Å². The Balaban J connectivity index is 4.27. The van der Waals surface area contributed by atoms with E-state index in [0.717, 1.165) is 5.57 Å². The van der Waals surface area contributed by atoms with Crippen LogP contribution in [0.4, 0.5) is 0 Å². The van der Waals surface area contributed by atoms with Crippen molar-refractivity contribution in [2.75, 3.05) is 5.75 Å². The Bertz CT molecular complexity index is 244. The van der Waals surface area contributed by atoms with Gasteiger partial charge in [-0.3, -0.25) is 4.79 Å². The van der Waals surface area contributed by atoms with E-state index >= 15 is 0 Å². The molecule has 0 aliphatic heterocycles. The predicted octanol–water partition coefficient (Wildman–Crippen LogP) is 3.95. The van der Waals surface area contributed by atoms with E-state index in [1.165, 1.54) is 18.7 Å². The van der Waals surface area contributed by atoms with Crippen molar-refractivity contribution in [3.63, 3.8) is 0 Å². The van der Waals surface area contributed by atoms with Crippen LogP contribution in [0.25, 0.3) is 0 Å². The van der Waals surface area contributed by atoms with Crippen LogP contribution < -0.4 is 0 Å². The number of alkyl halides is 3. The topological polar surface area (TPSA) is 26.3 Å². The molecule has 0 heterocycles. The van der Waals surface area contributed by atoms with Crippen molar-refractivity contribution in [3.05, 3.63) is 11.6 Å². The first-order valence-corrected chi connectivity index (χ1v) is 6.40. The van der Waals surface area contributed by atoms with E-state index < -0.39 is 15.2 Å². The van der Waals surface area contributed by atoms with Crippen molar-refractivity contribution in [3.8, 4) is 0 Å². The van der Waals surface area contributed by atoms with Crippen molar-refractivity contribution in [1.82, 2.24) is 0 Å². The monoisotopic (exact) mass is 290 g/mol. The van der Waals surface area contributed by atoms with E-state index in [4.69, 9.17) is 39.5 Å². The largest absolute Gasteiger partial charge is 0.447 e. The standard InChI is InChI=1S/C9H13Cl3O2S/c1-6(2)4-5-15-8(9(10,11)12)14-7(3)13/h4,8H,5H2,1-3H3. The Morgan fingerprint density at radius 1 is 1.40 bits per heavy atom. The van der Waals surface area contributed by atoms with Crippen LogP contribution in [-0.4, -0.2) is 21.0 Å². The van der Waals surface area contributed by atoms with Gasteiger partial charge in [-0.25, -0.2) is 0 Å². The van der Waals surface area contributed by atoms with Gasteiger partial charge in [-0.05, 0) is 13.8 Å². The zero-order valence-corrected chi connectivity index (χ0v) is 11.8. The van der Waals surface area contributed by atoms with Gasteiger partial charge in [0.05, 0.1) is 0 Å². The maximum atomic E-state index is 10.8. The van der Waals surface area contributed by atoms with Gasteiger partial charge in [-0.15, -0.1) is 11.8 Å². The molecule has 0 aliphatic rings. The molecule has 0 aromatic heterocycles. The maximum absolute atomic E-state index is 10.8. The second kappa shape index (κ2) is 6.89. The van der Waals surface area contributed by atoms with E-state index in [-0.39, 0.29) is 0 Å². The van der Waals surface area contributed by atoms with Crippen LogP contribution in [0.1, 0.15) is 20.8 Å². The van der Waals surface area contributed by atoms with Gasteiger partial charge in [0.25, 0.3) is 0 Å². The summed E-state index contributed by atoms with van der Waals surface area (Å²) in [6.07, 6.45) is 1.97. The molecule has 0 amide bonds. The van der Waals surface area contributed by atoms with Gasteiger partial charge in [0.2, 0.25) is 3.79 Å². The highest BCUT2D eigenvalue weighted by molar-refractivity contribution is 8.00. The van der Waals surface area contributed by atoms with Crippen molar-refractivity contribution >= 4 is 52.5 Å². The van der Waals surface area contributed by atoms with Gasteiger partial charge < -0.3 is 4.74 Å². The molecule has 6 heteroatoms. The van der Waals surface area contributed by atoms with E-state index in [1.54, 1.807) is 0 Å². The molecule has 15 heavy (non-hydrogen) atoms. The smallest absolute Gasteiger partial charge is 0.303 e. The lowest BCUT2D eigenvalue weighted by Crippen LogP contribution is -2.27. The van der Waals surface area contributed by atoms with Gasteiger partial charge >= 0.3 is 5.97 Å². The number of rotatable bonds is 4. The Hall–Kier alpha value is 0.430. The minimum absolute atomic E-state index is 0.462. The Kier molecular flexibility index (Phi) is 7.09. The highest BCUT2D eigenvalue weighted by Crippen LogP contribution is 2.38. The first-order valence-electron chi connectivity index (χ1n) is 4.22. The third-order valence-corrected chi connectivity index (χ3v) is 3.37. The number of esters is 1. The lowest BCUT2D eigenvalue weighted by molar-refractivity contribution is -0.142. The number of ether oxygens (including phenoxy) is 1. The molecule has 0 aromatic carbocycles. The first-order chi connectivity index (χ1) is 6.73. The third-order valence-electron chi connectivity index (χ3n) is 1.28. The van der Waals surface area contributed by atoms with Gasteiger partial charge in [0.15, 0.2) is 5.44 Å². The summed E-state index contributed by atoms with van der Waals surface area (Å²) < 4.78 is 3.29. The van der Waals surface area contributed by atoms with Crippen molar-refractivity contribution in [1.29, 1.82) is 0 Å². The van der Waals surface area contributed by atoms with Crippen LogP contribution in [0.15, 0.2) is 11.6 Å².